The van der Waals surface area contributed by atoms with Gasteiger partial charge in [-0.1, -0.05) is 6.07 Å². The van der Waals surface area contributed by atoms with Crippen molar-refractivity contribution in [2.24, 2.45) is 0 Å². The van der Waals surface area contributed by atoms with Gasteiger partial charge in [0.25, 0.3) is 17.9 Å². The second kappa shape index (κ2) is 8.91. The zero-order valence-electron chi connectivity index (χ0n) is 17.5. The van der Waals surface area contributed by atoms with E-state index in [-0.39, 0.29) is 22.5 Å². The van der Waals surface area contributed by atoms with Crippen LogP contribution < -0.4 is 10.9 Å². The summed E-state index contributed by atoms with van der Waals surface area (Å²) in [6.07, 6.45) is -1.62. The third kappa shape index (κ3) is 5.02. The molecule has 2 N–H and O–H groups in total. The lowest BCUT2D eigenvalue weighted by Crippen LogP contribution is -2.48. The number of amides is 1. The number of carbonyl (C=O) groups excluding carboxylic acids is 1. The zero-order chi connectivity index (χ0) is 23.6. The molecule has 7 nitrogen and oxygen atoms in total. The van der Waals surface area contributed by atoms with E-state index in [4.69, 9.17) is 0 Å². The zero-order valence-corrected chi connectivity index (χ0v) is 17.5. The van der Waals surface area contributed by atoms with Crippen molar-refractivity contribution in [1.82, 2.24) is 20.1 Å². The van der Waals surface area contributed by atoms with E-state index >= 15 is 0 Å². The highest BCUT2D eigenvalue weighted by atomic mass is 19.3. The highest BCUT2D eigenvalue weighted by Crippen LogP contribution is 2.21. The average molecular weight is 446 g/mol. The van der Waals surface area contributed by atoms with Crippen molar-refractivity contribution in [3.05, 3.63) is 76.1 Å². The fourth-order valence-electron chi connectivity index (χ4n) is 2.72. The van der Waals surface area contributed by atoms with Crippen LogP contribution in [0.15, 0.2) is 53.5 Å². The van der Waals surface area contributed by atoms with Gasteiger partial charge in [0, 0.05) is 11.8 Å². The number of hydrogen-bond acceptors (Lipinski definition) is 5. The van der Waals surface area contributed by atoms with Gasteiger partial charge in [0.2, 0.25) is 0 Å². The first-order valence-corrected chi connectivity index (χ1v) is 9.65. The number of alkyl halides is 2. The number of pyridine rings is 1. The fourth-order valence-corrected chi connectivity index (χ4v) is 2.72. The molecule has 2 aromatic heterocycles. The Morgan fingerprint density at radius 2 is 1.91 bits per heavy atom. The minimum absolute atomic E-state index is 0.0681. The molecule has 0 aliphatic carbocycles. The van der Waals surface area contributed by atoms with Crippen LogP contribution in [0.4, 0.5) is 13.2 Å². The quantitative estimate of drug-likeness (QED) is 0.606. The normalized spacial score (nSPS) is 12.6. The fraction of sp³-hybridized carbons (Fsp3) is 0.273. The molecule has 1 amide bonds. The monoisotopic (exact) mass is 446 g/mol. The Kier molecular flexibility index (Phi) is 6.45. The van der Waals surface area contributed by atoms with E-state index in [0.717, 1.165) is 23.0 Å². The average Bonchev–Trinajstić information content (AvgIpc) is 2.73. The second-order valence-corrected chi connectivity index (χ2v) is 7.76. The summed E-state index contributed by atoms with van der Waals surface area (Å²) in [5, 5.41) is 16.8. The SMILES string of the molecule is CC(NC(=O)c1cc(-c2ccc(C(F)F)nc2)nn(-c2cccc(F)c2)c1=O)C(C)(C)O. The van der Waals surface area contributed by atoms with Crippen LogP contribution in [0.3, 0.4) is 0 Å². The summed E-state index contributed by atoms with van der Waals surface area (Å²) in [6.45, 7) is 4.56. The minimum atomic E-state index is -2.76. The lowest BCUT2D eigenvalue weighted by atomic mass is 10.0. The maximum absolute atomic E-state index is 13.8. The largest absolute Gasteiger partial charge is 0.388 e. The van der Waals surface area contributed by atoms with Crippen molar-refractivity contribution in [1.29, 1.82) is 0 Å². The van der Waals surface area contributed by atoms with Crippen LogP contribution in [0, 0.1) is 5.82 Å². The molecule has 32 heavy (non-hydrogen) atoms. The maximum Gasteiger partial charge on any atom is 0.284 e. The van der Waals surface area contributed by atoms with E-state index in [1.54, 1.807) is 6.92 Å². The number of nitrogens with zero attached hydrogens (tertiary/aromatic N) is 3. The van der Waals surface area contributed by atoms with E-state index in [9.17, 15) is 27.9 Å². The number of rotatable bonds is 6. The van der Waals surface area contributed by atoms with Gasteiger partial charge in [0.1, 0.15) is 17.1 Å². The molecule has 0 spiro atoms. The number of halogens is 3. The first kappa shape index (κ1) is 23.1. The number of nitrogens with one attached hydrogen (secondary N) is 1. The summed E-state index contributed by atoms with van der Waals surface area (Å²) in [4.78, 5) is 29.5. The van der Waals surface area contributed by atoms with Crippen molar-refractivity contribution in [3.8, 4) is 16.9 Å². The third-order valence-corrected chi connectivity index (χ3v) is 4.92. The van der Waals surface area contributed by atoms with Crippen molar-refractivity contribution in [3.63, 3.8) is 0 Å². The third-order valence-electron chi connectivity index (χ3n) is 4.92. The first-order valence-electron chi connectivity index (χ1n) is 9.65. The van der Waals surface area contributed by atoms with E-state index in [1.807, 2.05) is 0 Å². The van der Waals surface area contributed by atoms with E-state index in [2.05, 4.69) is 15.4 Å². The summed E-state index contributed by atoms with van der Waals surface area (Å²) in [6, 6.07) is 7.99. The number of benzene rings is 1. The van der Waals surface area contributed by atoms with E-state index in [1.165, 1.54) is 44.2 Å². The van der Waals surface area contributed by atoms with Gasteiger partial charge in [0.05, 0.1) is 23.0 Å². The van der Waals surface area contributed by atoms with Gasteiger partial charge in [0.15, 0.2) is 0 Å². The molecule has 10 heteroatoms. The van der Waals surface area contributed by atoms with Crippen LogP contribution in [0.5, 0.6) is 0 Å². The molecular formula is C22H21F3N4O3. The summed E-state index contributed by atoms with van der Waals surface area (Å²) in [5.41, 5.74) is -2.43. The Morgan fingerprint density at radius 3 is 2.47 bits per heavy atom. The molecule has 0 aliphatic rings. The Hall–Kier alpha value is -3.53. The van der Waals surface area contributed by atoms with Crippen LogP contribution in [-0.4, -0.2) is 37.4 Å². The molecule has 3 rings (SSSR count). The molecule has 0 saturated heterocycles. The van der Waals surface area contributed by atoms with Gasteiger partial charge in [-0.05, 0) is 57.2 Å². The van der Waals surface area contributed by atoms with Gasteiger partial charge in [-0.25, -0.2) is 13.2 Å². The van der Waals surface area contributed by atoms with Gasteiger partial charge >= 0.3 is 0 Å². The van der Waals surface area contributed by atoms with Crippen molar-refractivity contribution < 1.29 is 23.1 Å². The second-order valence-electron chi connectivity index (χ2n) is 7.76. The van der Waals surface area contributed by atoms with Crippen LogP contribution in [0.2, 0.25) is 0 Å². The first-order chi connectivity index (χ1) is 15.0. The predicted molar refractivity (Wildman–Crippen MR) is 111 cm³/mol. The van der Waals surface area contributed by atoms with Gasteiger partial charge in [-0.2, -0.15) is 9.78 Å². The molecule has 1 aromatic carbocycles. The predicted octanol–water partition coefficient (Wildman–Crippen LogP) is 3.26. The highest BCUT2D eigenvalue weighted by molar-refractivity contribution is 5.95. The van der Waals surface area contributed by atoms with E-state index < -0.39 is 41.0 Å². The summed E-state index contributed by atoms with van der Waals surface area (Å²) >= 11 is 0. The lowest BCUT2D eigenvalue weighted by Gasteiger charge is -2.26. The Labute approximate surface area is 181 Å². The van der Waals surface area contributed by atoms with Crippen LogP contribution in [0.1, 0.15) is 43.2 Å². The minimum Gasteiger partial charge on any atom is -0.388 e. The Morgan fingerprint density at radius 1 is 1.19 bits per heavy atom. The highest BCUT2D eigenvalue weighted by Gasteiger charge is 2.26. The molecule has 1 atom stereocenters. The molecule has 3 aromatic rings. The number of aromatic nitrogens is 3. The summed E-state index contributed by atoms with van der Waals surface area (Å²) < 4.78 is 40.3. The number of carbonyl (C=O) groups is 1. The molecule has 168 valence electrons. The van der Waals surface area contributed by atoms with Crippen molar-refractivity contribution >= 4 is 5.91 Å². The van der Waals surface area contributed by atoms with Gasteiger partial charge < -0.3 is 10.4 Å². The smallest absolute Gasteiger partial charge is 0.284 e. The molecule has 0 radical (unpaired) electrons. The van der Waals surface area contributed by atoms with Crippen LogP contribution in [0.25, 0.3) is 16.9 Å². The van der Waals surface area contributed by atoms with Crippen LogP contribution >= 0.6 is 0 Å². The maximum atomic E-state index is 13.8. The Balaban J connectivity index is 2.15. The van der Waals surface area contributed by atoms with Crippen molar-refractivity contribution in [2.45, 2.75) is 38.8 Å². The summed E-state index contributed by atoms with van der Waals surface area (Å²) in [5.74, 6) is -1.40. The topological polar surface area (TPSA) is 97.1 Å². The molecule has 0 saturated carbocycles. The van der Waals surface area contributed by atoms with Gasteiger partial charge in [-0.3, -0.25) is 14.6 Å². The van der Waals surface area contributed by atoms with Gasteiger partial charge in [-0.15, -0.1) is 0 Å². The number of hydrogen-bond donors (Lipinski definition) is 2. The molecule has 2 heterocycles. The summed E-state index contributed by atoms with van der Waals surface area (Å²) in [7, 11) is 0. The molecule has 1 unspecified atom stereocenters. The van der Waals surface area contributed by atoms with Crippen LogP contribution in [-0.2, 0) is 0 Å². The number of aliphatic hydroxyl groups is 1. The molecule has 0 aliphatic heterocycles. The molecule has 0 fully saturated rings. The molecule has 0 bridgehead atoms. The van der Waals surface area contributed by atoms with Crippen molar-refractivity contribution in [2.75, 3.05) is 0 Å². The lowest BCUT2D eigenvalue weighted by molar-refractivity contribution is 0.0408. The van der Waals surface area contributed by atoms with E-state index in [0.29, 0.717) is 0 Å². The molecular weight excluding hydrogens is 425 g/mol. The standard InChI is InChI=1S/C22H21F3N4O3/c1-12(22(2,3)32)27-20(30)16-10-18(13-7-8-17(19(24)25)26-11-13)28-29(21(16)31)15-6-4-5-14(23)9-15/h4-12,19,32H,1-3H3,(H,27,30). The Bertz CT molecular complexity index is 1190.